The highest BCUT2D eigenvalue weighted by Gasteiger charge is 2.17. The first-order valence-corrected chi connectivity index (χ1v) is 9.24. The van der Waals surface area contributed by atoms with Crippen molar-refractivity contribution in [3.05, 3.63) is 46.3 Å². The number of pyridine rings is 1. The van der Waals surface area contributed by atoms with Crippen LogP contribution in [0.2, 0.25) is 0 Å². The summed E-state index contributed by atoms with van der Waals surface area (Å²) in [7, 11) is 0. The van der Waals surface area contributed by atoms with Crippen molar-refractivity contribution in [3.63, 3.8) is 0 Å². The highest BCUT2D eigenvalue weighted by molar-refractivity contribution is 7.07. The average molecular weight is 345 g/mol. The molecule has 6 heteroatoms. The lowest BCUT2D eigenvalue weighted by atomic mass is 10.2. The van der Waals surface area contributed by atoms with Gasteiger partial charge in [-0.15, -0.1) is 0 Å². The second-order valence-corrected chi connectivity index (χ2v) is 6.84. The Morgan fingerprint density at radius 2 is 2.33 bits per heavy atom. The van der Waals surface area contributed by atoms with Crippen LogP contribution in [0.4, 0.5) is 5.82 Å². The number of morpholine rings is 1. The Morgan fingerprint density at radius 3 is 3.04 bits per heavy atom. The zero-order valence-electron chi connectivity index (χ0n) is 13.9. The maximum Gasteiger partial charge on any atom is 0.220 e. The molecule has 0 spiro atoms. The smallest absolute Gasteiger partial charge is 0.220 e. The summed E-state index contributed by atoms with van der Waals surface area (Å²) in [6, 6.07) is 6.11. The van der Waals surface area contributed by atoms with Crippen molar-refractivity contribution in [1.82, 2.24) is 10.3 Å². The molecule has 0 unspecified atom stereocenters. The van der Waals surface area contributed by atoms with Gasteiger partial charge in [0.2, 0.25) is 5.91 Å². The highest BCUT2D eigenvalue weighted by atomic mass is 32.1. The van der Waals surface area contributed by atoms with Crippen molar-refractivity contribution in [1.29, 1.82) is 0 Å². The van der Waals surface area contributed by atoms with Crippen LogP contribution in [0.1, 0.15) is 24.5 Å². The number of rotatable bonds is 6. The number of anilines is 1. The van der Waals surface area contributed by atoms with Gasteiger partial charge < -0.3 is 15.0 Å². The van der Waals surface area contributed by atoms with Crippen LogP contribution in [0.15, 0.2) is 35.2 Å². The summed E-state index contributed by atoms with van der Waals surface area (Å²) >= 11 is 1.66. The average Bonchev–Trinajstić information content (AvgIpc) is 3.12. The number of ether oxygens (including phenoxy) is 1. The molecule has 0 bridgehead atoms. The summed E-state index contributed by atoms with van der Waals surface area (Å²) in [4.78, 5) is 18.7. The van der Waals surface area contributed by atoms with E-state index in [1.807, 2.05) is 23.7 Å². The van der Waals surface area contributed by atoms with E-state index in [2.05, 4.69) is 33.6 Å². The SMILES string of the molecule is C[C@@H]1CN(c2ccc(CNC(=O)CCc3ccsc3)cn2)CCO1. The molecule has 1 amide bonds. The first kappa shape index (κ1) is 16.9. The molecule has 24 heavy (non-hydrogen) atoms. The summed E-state index contributed by atoms with van der Waals surface area (Å²) in [6.45, 7) is 5.08. The van der Waals surface area contributed by atoms with Crippen LogP contribution < -0.4 is 10.2 Å². The standard InChI is InChI=1S/C18H23N3O2S/c1-14-12-21(7-8-23-14)17-4-2-16(10-19-17)11-20-18(22)5-3-15-6-9-24-13-15/h2,4,6,9-10,13-14H,3,5,7-8,11-12H2,1H3,(H,20,22)/t14-/m1/s1. The van der Waals surface area contributed by atoms with E-state index < -0.39 is 0 Å². The molecular formula is C18H23N3O2S. The lowest BCUT2D eigenvalue weighted by Crippen LogP contribution is -2.41. The van der Waals surface area contributed by atoms with Gasteiger partial charge in [-0.2, -0.15) is 11.3 Å². The Kier molecular flexibility index (Phi) is 5.82. The van der Waals surface area contributed by atoms with Crippen molar-refractivity contribution in [2.45, 2.75) is 32.4 Å². The third-order valence-corrected chi connectivity index (χ3v) is 4.82. The summed E-state index contributed by atoms with van der Waals surface area (Å²) in [5, 5.41) is 7.08. The molecule has 1 saturated heterocycles. The molecule has 2 aromatic rings. The fraction of sp³-hybridized carbons (Fsp3) is 0.444. The Labute approximate surface area is 146 Å². The van der Waals surface area contributed by atoms with Crippen LogP contribution in [0, 0.1) is 0 Å². The zero-order valence-corrected chi connectivity index (χ0v) is 14.7. The molecule has 0 saturated carbocycles. The first-order valence-electron chi connectivity index (χ1n) is 8.30. The molecule has 1 aliphatic rings. The zero-order chi connectivity index (χ0) is 16.8. The number of aromatic nitrogens is 1. The minimum atomic E-state index is 0.0762. The maximum atomic E-state index is 11.9. The largest absolute Gasteiger partial charge is 0.375 e. The number of nitrogens with one attached hydrogen (secondary N) is 1. The van der Waals surface area contributed by atoms with Crippen molar-refractivity contribution in [2.24, 2.45) is 0 Å². The minimum Gasteiger partial charge on any atom is -0.375 e. The molecule has 5 nitrogen and oxygen atoms in total. The number of carbonyl (C=O) groups excluding carboxylic acids is 1. The van der Waals surface area contributed by atoms with Gasteiger partial charge in [0.15, 0.2) is 0 Å². The van der Waals surface area contributed by atoms with Gasteiger partial charge in [0.25, 0.3) is 0 Å². The van der Waals surface area contributed by atoms with E-state index in [1.165, 1.54) is 5.56 Å². The summed E-state index contributed by atoms with van der Waals surface area (Å²) < 4.78 is 5.55. The van der Waals surface area contributed by atoms with Crippen molar-refractivity contribution in [2.75, 3.05) is 24.6 Å². The molecule has 3 rings (SSSR count). The Morgan fingerprint density at radius 1 is 1.42 bits per heavy atom. The predicted octanol–water partition coefficient (Wildman–Crippen LogP) is 2.62. The molecule has 0 aromatic carbocycles. The van der Waals surface area contributed by atoms with Gasteiger partial charge in [-0.1, -0.05) is 6.07 Å². The molecule has 128 valence electrons. The topological polar surface area (TPSA) is 54.5 Å². The molecule has 3 heterocycles. The van der Waals surface area contributed by atoms with Crippen LogP contribution in [0.3, 0.4) is 0 Å². The van der Waals surface area contributed by atoms with Crippen LogP contribution in [0.25, 0.3) is 0 Å². The molecular weight excluding hydrogens is 322 g/mol. The van der Waals surface area contributed by atoms with Gasteiger partial charge in [-0.3, -0.25) is 4.79 Å². The van der Waals surface area contributed by atoms with E-state index in [0.29, 0.717) is 13.0 Å². The molecule has 1 aliphatic heterocycles. The first-order chi connectivity index (χ1) is 11.7. The van der Waals surface area contributed by atoms with E-state index >= 15 is 0 Å². The van der Waals surface area contributed by atoms with Gasteiger partial charge >= 0.3 is 0 Å². The van der Waals surface area contributed by atoms with E-state index in [-0.39, 0.29) is 12.0 Å². The Hall–Kier alpha value is -1.92. The molecule has 0 aliphatic carbocycles. The molecule has 1 N–H and O–H groups in total. The number of nitrogens with zero attached hydrogens (tertiary/aromatic N) is 2. The number of carbonyl (C=O) groups is 1. The lowest BCUT2D eigenvalue weighted by molar-refractivity contribution is -0.121. The quantitative estimate of drug-likeness (QED) is 0.874. The van der Waals surface area contributed by atoms with Crippen LogP contribution in [-0.2, 0) is 22.5 Å². The van der Waals surface area contributed by atoms with E-state index in [0.717, 1.165) is 37.5 Å². The summed E-state index contributed by atoms with van der Waals surface area (Å²) in [5.74, 6) is 1.05. The normalized spacial score (nSPS) is 17.7. The number of hydrogen-bond acceptors (Lipinski definition) is 5. The molecule has 0 radical (unpaired) electrons. The molecule has 2 aromatic heterocycles. The molecule has 1 fully saturated rings. The van der Waals surface area contributed by atoms with Gasteiger partial charge in [0.05, 0.1) is 12.7 Å². The number of amides is 1. The van der Waals surface area contributed by atoms with Crippen LogP contribution in [-0.4, -0.2) is 36.7 Å². The minimum absolute atomic E-state index is 0.0762. The highest BCUT2D eigenvalue weighted by Crippen LogP contribution is 2.15. The van der Waals surface area contributed by atoms with E-state index in [4.69, 9.17) is 4.74 Å². The Bertz CT molecular complexity index is 643. The monoisotopic (exact) mass is 345 g/mol. The molecule has 1 atom stereocenters. The third-order valence-electron chi connectivity index (χ3n) is 4.08. The second kappa shape index (κ2) is 8.26. The van der Waals surface area contributed by atoms with Gasteiger partial charge in [-0.25, -0.2) is 4.98 Å². The van der Waals surface area contributed by atoms with E-state index in [1.54, 1.807) is 11.3 Å². The van der Waals surface area contributed by atoms with Gasteiger partial charge in [0.1, 0.15) is 5.82 Å². The van der Waals surface area contributed by atoms with Crippen LogP contribution >= 0.6 is 11.3 Å². The third kappa shape index (κ3) is 4.79. The fourth-order valence-electron chi connectivity index (χ4n) is 2.72. The summed E-state index contributed by atoms with van der Waals surface area (Å²) in [5.41, 5.74) is 2.24. The number of aryl methyl sites for hydroxylation is 1. The van der Waals surface area contributed by atoms with Crippen molar-refractivity contribution < 1.29 is 9.53 Å². The van der Waals surface area contributed by atoms with Crippen molar-refractivity contribution in [3.8, 4) is 0 Å². The van der Waals surface area contributed by atoms with Gasteiger partial charge in [0, 0.05) is 32.3 Å². The maximum absolute atomic E-state index is 11.9. The second-order valence-electron chi connectivity index (χ2n) is 6.06. The number of thiophene rings is 1. The van der Waals surface area contributed by atoms with Gasteiger partial charge in [-0.05, 0) is 47.4 Å². The number of hydrogen-bond donors (Lipinski definition) is 1. The van der Waals surface area contributed by atoms with Crippen LogP contribution in [0.5, 0.6) is 0 Å². The summed E-state index contributed by atoms with van der Waals surface area (Å²) in [6.07, 6.45) is 3.40. The van der Waals surface area contributed by atoms with Crippen molar-refractivity contribution >= 4 is 23.1 Å². The lowest BCUT2D eigenvalue weighted by Gasteiger charge is -2.32. The fourth-order valence-corrected chi connectivity index (χ4v) is 3.42. The van der Waals surface area contributed by atoms with E-state index in [9.17, 15) is 4.79 Å². The Balaban J connectivity index is 1.44. The predicted molar refractivity (Wildman–Crippen MR) is 96.4 cm³/mol.